The lowest BCUT2D eigenvalue weighted by Crippen LogP contribution is -2.42. The smallest absolute Gasteiger partial charge is 0.226 e. The highest BCUT2D eigenvalue weighted by molar-refractivity contribution is 5.85. The monoisotopic (exact) mass is 295 g/mol. The van der Waals surface area contributed by atoms with Gasteiger partial charge in [-0.05, 0) is 43.9 Å². The van der Waals surface area contributed by atoms with Gasteiger partial charge in [0.05, 0.1) is 12.0 Å². The molecule has 4 nitrogen and oxygen atoms in total. The van der Waals surface area contributed by atoms with E-state index in [1.165, 1.54) is 24.3 Å². The molecule has 0 radical (unpaired) electrons. The maximum Gasteiger partial charge on any atom is 0.226 e. The molecular formula is C16H22FNO3. The lowest BCUT2D eigenvalue weighted by molar-refractivity contribution is -0.128. The predicted octanol–water partition coefficient (Wildman–Crippen LogP) is 1.97. The van der Waals surface area contributed by atoms with E-state index in [9.17, 15) is 14.3 Å². The number of rotatable bonds is 7. The van der Waals surface area contributed by atoms with Crippen LogP contribution in [0.25, 0.3) is 0 Å². The Morgan fingerprint density at radius 2 is 2.05 bits per heavy atom. The number of methoxy groups -OCH3 is 1. The number of carbonyl (C=O) groups is 1. The molecule has 0 bridgehead atoms. The number of ether oxygens (including phenoxy) is 1. The van der Waals surface area contributed by atoms with Gasteiger partial charge in [0.2, 0.25) is 5.91 Å². The van der Waals surface area contributed by atoms with E-state index in [1.807, 2.05) is 0 Å². The van der Waals surface area contributed by atoms with E-state index >= 15 is 0 Å². The summed E-state index contributed by atoms with van der Waals surface area (Å²) in [7, 11) is 1.62. The van der Waals surface area contributed by atoms with Gasteiger partial charge in [0, 0.05) is 13.7 Å². The van der Waals surface area contributed by atoms with Crippen molar-refractivity contribution >= 4 is 5.91 Å². The summed E-state index contributed by atoms with van der Waals surface area (Å²) >= 11 is 0. The highest BCUT2D eigenvalue weighted by Gasteiger charge is 2.49. The maximum atomic E-state index is 12.9. The summed E-state index contributed by atoms with van der Waals surface area (Å²) in [5.74, 6) is -0.392. The van der Waals surface area contributed by atoms with Gasteiger partial charge in [0.25, 0.3) is 0 Å². The van der Waals surface area contributed by atoms with E-state index < -0.39 is 5.60 Å². The summed E-state index contributed by atoms with van der Waals surface area (Å²) in [5, 5.41) is 13.2. The molecule has 1 aliphatic carbocycles. The summed E-state index contributed by atoms with van der Waals surface area (Å²) in [6, 6.07) is 5.65. The number of amides is 1. The maximum absolute atomic E-state index is 12.9. The number of halogens is 1. The Bertz CT molecular complexity index is 495. The average Bonchev–Trinajstić information content (AvgIpc) is 3.24. The van der Waals surface area contributed by atoms with Crippen molar-refractivity contribution in [3.05, 3.63) is 35.6 Å². The minimum Gasteiger partial charge on any atom is -0.385 e. The second-order valence-corrected chi connectivity index (χ2v) is 5.99. The van der Waals surface area contributed by atoms with Crippen LogP contribution >= 0.6 is 0 Å². The van der Waals surface area contributed by atoms with Crippen LogP contribution in [-0.4, -0.2) is 31.3 Å². The summed E-state index contributed by atoms with van der Waals surface area (Å²) < 4.78 is 17.9. The van der Waals surface area contributed by atoms with Gasteiger partial charge in [0.1, 0.15) is 11.4 Å². The van der Waals surface area contributed by atoms with Crippen LogP contribution in [0.1, 0.15) is 31.7 Å². The van der Waals surface area contributed by atoms with Crippen molar-refractivity contribution in [2.75, 3.05) is 20.3 Å². The Kier molecular flexibility index (Phi) is 4.64. The molecule has 0 spiro atoms. The molecule has 1 fully saturated rings. The first-order valence-electron chi connectivity index (χ1n) is 7.15. The van der Waals surface area contributed by atoms with Crippen molar-refractivity contribution in [3.8, 4) is 0 Å². The third-order valence-electron chi connectivity index (χ3n) is 4.18. The predicted molar refractivity (Wildman–Crippen MR) is 77.1 cm³/mol. The molecule has 1 saturated carbocycles. The second kappa shape index (κ2) is 6.12. The minimum atomic E-state index is -1.22. The zero-order chi connectivity index (χ0) is 15.5. The lowest BCUT2D eigenvalue weighted by atomic mass is 9.95. The van der Waals surface area contributed by atoms with Crippen LogP contribution in [-0.2, 0) is 15.1 Å². The van der Waals surface area contributed by atoms with Crippen LogP contribution in [0.2, 0.25) is 0 Å². The van der Waals surface area contributed by atoms with E-state index in [-0.39, 0.29) is 23.7 Å². The number of carbonyl (C=O) groups excluding carboxylic acids is 1. The number of benzene rings is 1. The Morgan fingerprint density at radius 3 is 2.57 bits per heavy atom. The van der Waals surface area contributed by atoms with Crippen molar-refractivity contribution in [1.29, 1.82) is 0 Å². The number of nitrogens with one attached hydrogen (secondary N) is 1. The minimum absolute atomic E-state index is 0.0399. The summed E-state index contributed by atoms with van der Waals surface area (Å²) in [6.45, 7) is 2.27. The normalized spacial score (nSPS) is 18.9. The highest BCUT2D eigenvalue weighted by atomic mass is 19.1. The molecule has 2 rings (SSSR count). The molecule has 2 N–H and O–H groups in total. The molecule has 0 aromatic heterocycles. The lowest BCUT2D eigenvalue weighted by Gasteiger charge is -2.25. The van der Waals surface area contributed by atoms with Gasteiger partial charge in [0.15, 0.2) is 0 Å². The van der Waals surface area contributed by atoms with Crippen LogP contribution < -0.4 is 5.32 Å². The van der Waals surface area contributed by atoms with E-state index in [0.717, 1.165) is 12.8 Å². The Balaban J connectivity index is 1.92. The summed E-state index contributed by atoms with van der Waals surface area (Å²) in [6.07, 6.45) is 2.43. The molecule has 0 saturated heterocycles. The Hall–Kier alpha value is -1.46. The molecule has 5 heteroatoms. The molecule has 116 valence electrons. The zero-order valence-corrected chi connectivity index (χ0v) is 12.5. The summed E-state index contributed by atoms with van der Waals surface area (Å²) in [5.41, 5.74) is -0.971. The topological polar surface area (TPSA) is 58.6 Å². The number of aliphatic hydroxyl groups is 1. The Labute approximate surface area is 124 Å². The molecule has 1 amide bonds. The van der Waals surface area contributed by atoms with Crippen LogP contribution in [0.3, 0.4) is 0 Å². The van der Waals surface area contributed by atoms with Crippen molar-refractivity contribution in [2.24, 2.45) is 5.41 Å². The molecule has 21 heavy (non-hydrogen) atoms. The SMILES string of the molecule is COCCC1(C(=O)NCC(C)(O)c2ccc(F)cc2)CC1. The molecule has 0 heterocycles. The van der Waals surface area contributed by atoms with Crippen LogP contribution in [0.5, 0.6) is 0 Å². The summed E-state index contributed by atoms with van der Waals surface area (Å²) in [4.78, 5) is 12.2. The van der Waals surface area contributed by atoms with Crippen molar-refractivity contribution in [3.63, 3.8) is 0 Å². The first-order valence-corrected chi connectivity index (χ1v) is 7.15. The van der Waals surface area contributed by atoms with E-state index in [2.05, 4.69) is 5.32 Å². The van der Waals surface area contributed by atoms with Crippen molar-refractivity contribution in [1.82, 2.24) is 5.32 Å². The van der Waals surface area contributed by atoms with Crippen LogP contribution in [0.4, 0.5) is 4.39 Å². The van der Waals surface area contributed by atoms with Gasteiger partial charge in [-0.1, -0.05) is 12.1 Å². The first-order chi connectivity index (χ1) is 9.89. The fraction of sp³-hybridized carbons (Fsp3) is 0.562. The molecule has 1 aromatic carbocycles. The first kappa shape index (κ1) is 15.9. The Morgan fingerprint density at radius 1 is 1.43 bits per heavy atom. The second-order valence-electron chi connectivity index (χ2n) is 5.99. The highest BCUT2D eigenvalue weighted by Crippen LogP contribution is 2.49. The quantitative estimate of drug-likeness (QED) is 0.808. The van der Waals surface area contributed by atoms with Gasteiger partial charge in [-0.15, -0.1) is 0 Å². The third kappa shape index (κ3) is 3.80. The molecule has 1 aliphatic rings. The van der Waals surface area contributed by atoms with Crippen LogP contribution in [0, 0.1) is 11.2 Å². The van der Waals surface area contributed by atoms with Gasteiger partial charge >= 0.3 is 0 Å². The van der Waals surface area contributed by atoms with Crippen molar-refractivity contribution in [2.45, 2.75) is 31.8 Å². The largest absolute Gasteiger partial charge is 0.385 e. The van der Waals surface area contributed by atoms with E-state index in [1.54, 1.807) is 14.0 Å². The molecule has 1 aromatic rings. The fourth-order valence-electron chi connectivity index (χ4n) is 2.39. The van der Waals surface area contributed by atoms with Crippen molar-refractivity contribution < 1.29 is 19.0 Å². The van der Waals surface area contributed by atoms with Gasteiger partial charge in [-0.25, -0.2) is 4.39 Å². The van der Waals surface area contributed by atoms with Gasteiger partial charge in [-0.3, -0.25) is 4.79 Å². The average molecular weight is 295 g/mol. The standard InChI is InChI=1S/C16H22FNO3/c1-15(20,12-3-5-13(17)6-4-12)11-18-14(19)16(7-8-16)9-10-21-2/h3-6,20H,7-11H2,1-2H3,(H,18,19). The van der Waals surface area contributed by atoms with Gasteiger partial charge in [-0.2, -0.15) is 0 Å². The molecule has 1 atom stereocenters. The van der Waals surface area contributed by atoms with Crippen LogP contribution in [0.15, 0.2) is 24.3 Å². The number of hydrogen-bond donors (Lipinski definition) is 2. The zero-order valence-electron chi connectivity index (χ0n) is 12.5. The molecule has 0 aliphatic heterocycles. The number of hydrogen-bond acceptors (Lipinski definition) is 3. The van der Waals surface area contributed by atoms with E-state index in [4.69, 9.17) is 4.74 Å². The molecular weight excluding hydrogens is 273 g/mol. The molecule has 1 unspecified atom stereocenters. The third-order valence-corrected chi connectivity index (χ3v) is 4.18. The fourth-order valence-corrected chi connectivity index (χ4v) is 2.39. The van der Waals surface area contributed by atoms with E-state index in [0.29, 0.717) is 18.6 Å². The van der Waals surface area contributed by atoms with Gasteiger partial charge < -0.3 is 15.2 Å².